The average Bonchev–Trinajstić information content (AvgIpc) is 3.02. The van der Waals surface area contributed by atoms with E-state index < -0.39 is 5.60 Å². The smallest absolute Gasteiger partial charge is 0.253 e. The lowest BCUT2D eigenvalue weighted by Gasteiger charge is -2.26. The third-order valence-corrected chi connectivity index (χ3v) is 4.52. The minimum absolute atomic E-state index is 0.0787. The quantitative estimate of drug-likeness (QED) is 0.909. The summed E-state index contributed by atoms with van der Waals surface area (Å²) in [6.07, 6.45) is 0.583. The zero-order valence-corrected chi connectivity index (χ0v) is 15.0. The van der Waals surface area contributed by atoms with Crippen LogP contribution in [0.4, 0.5) is 0 Å². The molecule has 1 aromatic heterocycles. The summed E-state index contributed by atoms with van der Waals surface area (Å²) in [5, 5.41) is 19.6. The molecule has 1 aromatic carbocycles. The molecule has 0 radical (unpaired) electrons. The van der Waals surface area contributed by atoms with Crippen LogP contribution in [0, 0.1) is 11.3 Å². The molecule has 1 saturated heterocycles. The van der Waals surface area contributed by atoms with E-state index in [0.29, 0.717) is 43.0 Å². The molecule has 6 nitrogen and oxygen atoms in total. The third-order valence-electron chi connectivity index (χ3n) is 4.52. The van der Waals surface area contributed by atoms with Crippen LogP contribution in [-0.2, 0) is 0 Å². The van der Waals surface area contributed by atoms with Crippen molar-refractivity contribution in [2.75, 3.05) is 33.7 Å². The second-order valence-electron chi connectivity index (χ2n) is 7.04. The fourth-order valence-corrected chi connectivity index (χ4v) is 3.37. The van der Waals surface area contributed by atoms with Gasteiger partial charge in [0.15, 0.2) is 0 Å². The number of likely N-dealkylation sites (N-methyl/N-ethyl adjacent to an activating group) is 1. The standard InChI is InChI=1S/C20H22N4O2/c1-23(2)13-20(26)10-11-24(14-20)19(25)16-8-6-15(7-9-16)18-5-3-4-17(12-21)22-18/h3-9,26H,10-11,13-14H2,1-2H3/t20-/m1/s1. The highest BCUT2D eigenvalue weighted by Gasteiger charge is 2.38. The van der Waals surface area contributed by atoms with Gasteiger partial charge in [-0.1, -0.05) is 18.2 Å². The Labute approximate surface area is 153 Å². The fraction of sp³-hybridized carbons (Fsp3) is 0.350. The number of carbonyl (C=O) groups excluding carboxylic acids is 1. The number of nitriles is 1. The zero-order chi connectivity index (χ0) is 18.7. The third kappa shape index (κ3) is 3.90. The van der Waals surface area contributed by atoms with Crippen molar-refractivity contribution in [2.24, 2.45) is 0 Å². The van der Waals surface area contributed by atoms with Crippen molar-refractivity contribution in [1.82, 2.24) is 14.8 Å². The first-order valence-corrected chi connectivity index (χ1v) is 8.54. The Morgan fingerprint density at radius 2 is 2.04 bits per heavy atom. The van der Waals surface area contributed by atoms with E-state index >= 15 is 0 Å². The number of likely N-dealkylation sites (tertiary alicyclic amines) is 1. The second kappa shape index (κ2) is 7.24. The van der Waals surface area contributed by atoms with E-state index in [9.17, 15) is 9.90 Å². The summed E-state index contributed by atoms with van der Waals surface area (Å²) in [4.78, 5) is 20.6. The Bertz CT molecular complexity index is 842. The predicted molar refractivity (Wildman–Crippen MR) is 98.4 cm³/mol. The first-order chi connectivity index (χ1) is 12.4. The molecule has 2 heterocycles. The highest BCUT2D eigenvalue weighted by Crippen LogP contribution is 2.24. The number of carbonyl (C=O) groups is 1. The number of hydrogen-bond acceptors (Lipinski definition) is 5. The predicted octanol–water partition coefficient (Wildman–Crippen LogP) is 1.76. The van der Waals surface area contributed by atoms with Gasteiger partial charge >= 0.3 is 0 Å². The van der Waals surface area contributed by atoms with E-state index in [0.717, 1.165) is 5.56 Å². The maximum absolute atomic E-state index is 12.7. The van der Waals surface area contributed by atoms with Gasteiger partial charge in [0.25, 0.3) is 5.91 Å². The Morgan fingerprint density at radius 3 is 2.69 bits per heavy atom. The summed E-state index contributed by atoms with van der Waals surface area (Å²) in [5.74, 6) is -0.0787. The first kappa shape index (κ1) is 18.1. The van der Waals surface area contributed by atoms with E-state index in [1.807, 2.05) is 43.3 Å². The summed E-state index contributed by atoms with van der Waals surface area (Å²) in [5.41, 5.74) is 1.65. The largest absolute Gasteiger partial charge is 0.387 e. The maximum Gasteiger partial charge on any atom is 0.253 e. The van der Waals surface area contributed by atoms with Crippen molar-refractivity contribution >= 4 is 5.91 Å². The van der Waals surface area contributed by atoms with Gasteiger partial charge in [-0.25, -0.2) is 4.98 Å². The summed E-state index contributed by atoms with van der Waals surface area (Å²) in [6, 6.07) is 14.5. The van der Waals surface area contributed by atoms with Gasteiger partial charge in [0.1, 0.15) is 11.8 Å². The number of hydrogen-bond donors (Lipinski definition) is 1. The van der Waals surface area contributed by atoms with E-state index in [4.69, 9.17) is 5.26 Å². The maximum atomic E-state index is 12.7. The topological polar surface area (TPSA) is 80.5 Å². The average molecular weight is 350 g/mol. The number of nitrogens with zero attached hydrogens (tertiary/aromatic N) is 4. The Balaban J connectivity index is 1.73. The molecule has 0 unspecified atom stereocenters. The molecule has 1 aliphatic rings. The number of benzene rings is 1. The van der Waals surface area contributed by atoms with Crippen LogP contribution in [0.3, 0.4) is 0 Å². The molecule has 1 fully saturated rings. The Hall–Kier alpha value is -2.75. The normalized spacial score (nSPS) is 19.6. The summed E-state index contributed by atoms with van der Waals surface area (Å²) in [6.45, 7) is 1.44. The van der Waals surface area contributed by atoms with Crippen LogP contribution in [0.5, 0.6) is 0 Å². The van der Waals surface area contributed by atoms with Crippen molar-refractivity contribution in [3.8, 4) is 17.3 Å². The van der Waals surface area contributed by atoms with Gasteiger partial charge < -0.3 is 14.9 Å². The molecular formula is C20H22N4O2. The number of pyridine rings is 1. The second-order valence-corrected chi connectivity index (χ2v) is 7.04. The molecule has 0 saturated carbocycles. The molecule has 1 amide bonds. The molecule has 134 valence electrons. The van der Waals surface area contributed by atoms with Crippen LogP contribution in [0.15, 0.2) is 42.5 Å². The van der Waals surface area contributed by atoms with Gasteiger partial charge in [-0.3, -0.25) is 4.79 Å². The highest BCUT2D eigenvalue weighted by atomic mass is 16.3. The Kier molecular flexibility index (Phi) is 5.03. The molecule has 0 bridgehead atoms. The van der Waals surface area contributed by atoms with Gasteiger partial charge in [0.05, 0.1) is 17.8 Å². The number of rotatable bonds is 4. The van der Waals surface area contributed by atoms with Crippen LogP contribution in [0.25, 0.3) is 11.3 Å². The van der Waals surface area contributed by atoms with E-state index in [-0.39, 0.29) is 5.91 Å². The summed E-state index contributed by atoms with van der Waals surface area (Å²) in [7, 11) is 3.83. The lowest BCUT2D eigenvalue weighted by atomic mass is 10.0. The molecule has 0 spiro atoms. The number of aromatic nitrogens is 1. The number of aliphatic hydroxyl groups is 1. The molecule has 0 aliphatic carbocycles. The lowest BCUT2D eigenvalue weighted by Crippen LogP contribution is -2.43. The molecule has 1 aliphatic heterocycles. The van der Waals surface area contributed by atoms with Crippen molar-refractivity contribution in [3.05, 3.63) is 53.7 Å². The first-order valence-electron chi connectivity index (χ1n) is 8.54. The SMILES string of the molecule is CN(C)C[C@]1(O)CCN(C(=O)c2ccc(-c3cccc(C#N)n3)cc2)C1. The Morgan fingerprint density at radius 1 is 1.31 bits per heavy atom. The van der Waals surface area contributed by atoms with Crippen LogP contribution >= 0.6 is 0 Å². The van der Waals surface area contributed by atoms with Crippen LogP contribution in [-0.4, -0.2) is 65.1 Å². The molecular weight excluding hydrogens is 328 g/mol. The van der Waals surface area contributed by atoms with Crippen molar-refractivity contribution in [1.29, 1.82) is 5.26 Å². The number of β-amino-alcohol motifs (C(OH)–C–C–N with tert-alkyl or cyclic N) is 1. The highest BCUT2D eigenvalue weighted by molar-refractivity contribution is 5.95. The molecule has 1 atom stereocenters. The van der Waals surface area contributed by atoms with E-state index in [2.05, 4.69) is 4.98 Å². The molecule has 2 aromatic rings. The van der Waals surface area contributed by atoms with Crippen LogP contribution in [0.1, 0.15) is 22.5 Å². The van der Waals surface area contributed by atoms with E-state index in [1.54, 1.807) is 29.2 Å². The fourth-order valence-electron chi connectivity index (χ4n) is 3.37. The summed E-state index contributed by atoms with van der Waals surface area (Å²) < 4.78 is 0. The van der Waals surface area contributed by atoms with Gasteiger partial charge in [-0.05, 0) is 44.8 Å². The van der Waals surface area contributed by atoms with Crippen molar-refractivity contribution in [3.63, 3.8) is 0 Å². The van der Waals surface area contributed by atoms with Gasteiger partial charge in [-0.15, -0.1) is 0 Å². The zero-order valence-electron chi connectivity index (χ0n) is 15.0. The van der Waals surface area contributed by atoms with Crippen molar-refractivity contribution < 1.29 is 9.90 Å². The van der Waals surface area contributed by atoms with Gasteiger partial charge in [-0.2, -0.15) is 5.26 Å². The van der Waals surface area contributed by atoms with Crippen LogP contribution < -0.4 is 0 Å². The monoisotopic (exact) mass is 350 g/mol. The number of amides is 1. The molecule has 26 heavy (non-hydrogen) atoms. The minimum Gasteiger partial charge on any atom is -0.387 e. The molecule has 6 heteroatoms. The lowest BCUT2D eigenvalue weighted by molar-refractivity contribution is 0.0236. The van der Waals surface area contributed by atoms with E-state index in [1.165, 1.54) is 0 Å². The van der Waals surface area contributed by atoms with Crippen molar-refractivity contribution in [2.45, 2.75) is 12.0 Å². The van der Waals surface area contributed by atoms with Crippen LogP contribution in [0.2, 0.25) is 0 Å². The molecule has 1 N–H and O–H groups in total. The van der Waals surface area contributed by atoms with Gasteiger partial charge in [0, 0.05) is 24.2 Å². The minimum atomic E-state index is -0.846. The molecule has 3 rings (SSSR count). The summed E-state index contributed by atoms with van der Waals surface area (Å²) >= 11 is 0. The van der Waals surface area contributed by atoms with Gasteiger partial charge in [0.2, 0.25) is 0 Å².